The van der Waals surface area contributed by atoms with E-state index in [0.29, 0.717) is 23.2 Å². The van der Waals surface area contributed by atoms with Gasteiger partial charge in [0.1, 0.15) is 11.6 Å². The largest absolute Gasteiger partial charge is 0.478 e. The van der Waals surface area contributed by atoms with Gasteiger partial charge in [0.05, 0.1) is 29.4 Å². The Bertz CT molecular complexity index is 1400. The van der Waals surface area contributed by atoms with E-state index >= 15 is 0 Å². The summed E-state index contributed by atoms with van der Waals surface area (Å²) in [6.07, 6.45) is -4.81. The number of anilines is 2. The number of hydrogen-bond acceptors (Lipinski definition) is 5. The van der Waals surface area contributed by atoms with Crippen LogP contribution in [0.25, 0.3) is 0 Å². The molecule has 196 valence electrons. The van der Waals surface area contributed by atoms with Crippen LogP contribution in [-0.2, 0) is 31.1 Å². The van der Waals surface area contributed by atoms with Crippen LogP contribution in [0.2, 0.25) is 0 Å². The molecule has 0 atom stereocenters. The van der Waals surface area contributed by atoms with Crippen LogP contribution >= 0.6 is 0 Å². The number of hydrogen-bond donors (Lipinski definition) is 0. The first-order chi connectivity index (χ1) is 17.4. The van der Waals surface area contributed by atoms with Crippen LogP contribution in [0, 0.1) is 5.82 Å². The maximum Gasteiger partial charge on any atom is 0.419 e. The number of benzene rings is 3. The predicted octanol–water partition coefficient (Wildman–Crippen LogP) is 5.63. The minimum Gasteiger partial charge on any atom is -0.478 e. The van der Waals surface area contributed by atoms with Crippen molar-refractivity contribution in [2.24, 2.45) is 0 Å². The molecule has 0 unspecified atom stereocenters. The van der Waals surface area contributed by atoms with Crippen molar-refractivity contribution in [1.29, 1.82) is 0 Å². The molecule has 0 aromatic heterocycles. The van der Waals surface area contributed by atoms with Gasteiger partial charge in [0.15, 0.2) is 15.4 Å². The van der Waals surface area contributed by atoms with Crippen molar-refractivity contribution in [2.45, 2.75) is 30.5 Å². The topological polar surface area (TPSA) is 72.9 Å². The molecule has 11 heteroatoms. The van der Waals surface area contributed by atoms with Crippen molar-refractivity contribution in [3.8, 4) is 5.75 Å². The van der Waals surface area contributed by atoms with Crippen molar-refractivity contribution in [3.63, 3.8) is 0 Å². The lowest BCUT2D eigenvalue weighted by Crippen LogP contribution is -2.51. The van der Waals surface area contributed by atoms with E-state index in [0.717, 1.165) is 6.07 Å². The lowest BCUT2D eigenvalue weighted by molar-refractivity contribution is -0.168. The molecule has 0 aliphatic carbocycles. The number of ether oxygens (including phenoxy) is 2. The summed E-state index contributed by atoms with van der Waals surface area (Å²) in [5, 5.41) is 0. The second kappa shape index (κ2) is 9.79. The maximum atomic E-state index is 14.2. The van der Waals surface area contributed by atoms with Crippen molar-refractivity contribution in [3.05, 3.63) is 83.7 Å². The molecule has 0 N–H and O–H groups in total. The van der Waals surface area contributed by atoms with Crippen LogP contribution in [0.3, 0.4) is 0 Å². The summed E-state index contributed by atoms with van der Waals surface area (Å²) in [6.45, 7) is 2.95. The Morgan fingerprint density at radius 3 is 2.00 bits per heavy atom. The van der Waals surface area contributed by atoms with Crippen molar-refractivity contribution >= 4 is 27.1 Å². The summed E-state index contributed by atoms with van der Waals surface area (Å²) in [5.41, 5.74) is -1.37. The Kier molecular flexibility index (Phi) is 7.04. The molecule has 37 heavy (non-hydrogen) atoms. The first kappa shape index (κ1) is 26.6. The van der Waals surface area contributed by atoms with Gasteiger partial charge in [-0.25, -0.2) is 12.8 Å². The van der Waals surface area contributed by atoms with Crippen LogP contribution in [0.4, 0.5) is 28.9 Å². The van der Waals surface area contributed by atoms with E-state index in [1.807, 2.05) is 0 Å². The van der Waals surface area contributed by atoms with Gasteiger partial charge in [0.2, 0.25) is 5.91 Å². The molecule has 1 fully saturated rings. The highest BCUT2D eigenvalue weighted by Crippen LogP contribution is 2.39. The van der Waals surface area contributed by atoms with Crippen LogP contribution in [-0.4, -0.2) is 33.3 Å². The monoisotopic (exact) mass is 537 g/mol. The molecule has 1 heterocycles. The molecule has 0 bridgehead atoms. The van der Waals surface area contributed by atoms with E-state index in [2.05, 4.69) is 0 Å². The van der Waals surface area contributed by atoms with Gasteiger partial charge < -0.3 is 9.47 Å². The van der Waals surface area contributed by atoms with Gasteiger partial charge in [0, 0.05) is 23.9 Å². The second-order valence-electron chi connectivity index (χ2n) is 8.53. The Balaban J connectivity index is 1.57. The van der Waals surface area contributed by atoms with Crippen LogP contribution < -0.4 is 9.64 Å². The summed E-state index contributed by atoms with van der Waals surface area (Å²) in [6, 6.07) is 14.9. The third-order valence-corrected chi connectivity index (χ3v) is 7.78. The summed E-state index contributed by atoms with van der Waals surface area (Å²) in [7, 11) is -3.39. The maximum absolute atomic E-state index is 14.2. The van der Waals surface area contributed by atoms with Crippen LogP contribution in [0.15, 0.2) is 71.6 Å². The van der Waals surface area contributed by atoms with Gasteiger partial charge in [0.25, 0.3) is 0 Å². The standard InChI is InChI=1S/C26H23F4NO5S/c1-3-37(33,34)22-11-7-20(8-12-22)31(17(2)32)19-5-9-21(10-6-19)36-25(15-35-16-25)18-4-13-23(24(27)14-18)26(28,29)30/h4-14H,3,15-16H2,1-2H3. The minimum atomic E-state index is -4.81. The number of carbonyl (C=O) groups is 1. The van der Waals surface area contributed by atoms with Crippen molar-refractivity contribution in [2.75, 3.05) is 23.9 Å². The SMILES string of the molecule is CCS(=O)(=O)c1ccc(N(C(C)=O)c2ccc(OC3(c4ccc(C(F)(F)F)c(F)c4)COC3)cc2)cc1. The highest BCUT2D eigenvalue weighted by atomic mass is 32.2. The Morgan fingerprint density at radius 2 is 1.57 bits per heavy atom. The average molecular weight is 538 g/mol. The molecule has 3 aromatic rings. The van der Waals surface area contributed by atoms with E-state index in [1.54, 1.807) is 31.2 Å². The Hall–Kier alpha value is -3.44. The quantitative estimate of drug-likeness (QED) is 0.366. The fourth-order valence-corrected chi connectivity index (χ4v) is 4.86. The molecule has 6 nitrogen and oxygen atoms in total. The van der Waals surface area contributed by atoms with Crippen molar-refractivity contribution < 1.29 is 40.2 Å². The zero-order chi connectivity index (χ0) is 27.0. The van der Waals surface area contributed by atoms with Gasteiger partial charge in [-0.15, -0.1) is 0 Å². The van der Waals surface area contributed by atoms with Crippen molar-refractivity contribution in [1.82, 2.24) is 0 Å². The lowest BCUT2D eigenvalue weighted by Gasteiger charge is -2.42. The van der Waals surface area contributed by atoms with Gasteiger partial charge in [-0.05, 0) is 60.7 Å². The third kappa shape index (κ3) is 5.33. The number of alkyl halides is 3. The zero-order valence-electron chi connectivity index (χ0n) is 19.9. The molecule has 1 aliphatic heterocycles. The first-order valence-electron chi connectivity index (χ1n) is 11.2. The number of amides is 1. The average Bonchev–Trinajstić information content (AvgIpc) is 2.82. The van der Waals surface area contributed by atoms with Gasteiger partial charge in [-0.1, -0.05) is 13.0 Å². The lowest BCUT2D eigenvalue weighted by atomic mass is 9.90. The Morgan fingerprint density at radius 1 is 1.00 bits per heavy atom. The normalized spacial score (nSPS) is 15.1. The van der Waals surface area contributed by atoms with E-state index < -0.39 is 33.0 Å². The predicted molar refractivity (Wildman–Crippen MR) is 128 cm³/mol. The molecule has 4 rings (SSSR count). The molecular weight excluding hydrogens is 514 g/mol. The number of rotatable bonds is 7. The number of carbonyl (C=O) groups excluding carboxylic acids is 1. The van der Waals surface area contributed by atoms with Crippen LogP contribution in [0.1, 0.15) is 25.0 Å². The highest BCUT2D eigenvalue weighted by molar-refractivity contribution is 7.91. The zero-order valence-corrected chi connectivity index (χ0v) is 20.7. The Labute approximate surface area is 211 Å². The molecule has 1 aliphatic rings. The molecule has 1 amide bonds. The fourth-order valence-electron chi connectivity index (χ4n) is 3.97. The molecular formula is C26H23F4NO5S. The number of halogens is 4. The minimum absolute atomic E-state index is 0.0200. The fraction of sp³-hybridized carbons (Fsp3) is 0.269. The van der Waals surface area contributed by atoms with Crippen LogP contribution in [0.5, 0.6) is 5.75 Å². The van der Waals surface area contributed by atoms with Gasteiger partial charge in [-0.2, -0.15) is 13.2 Å². The molecule has 0 radical (unpaired) electrons. The molecule has 0 spiro atoms. The number of nitrogens with zero attached hydrogens (tertiary/aromatic N) is 1. The van der Waals surface area contributed by atoms with E-state index in [-0.39, 0.29) is 35.3 Å². The summed E-state index contributed by atoms with van der Waals surface area (Å²) >= 11 is 0. The van der Waals surface area contributed by atoms with E-state index in [9.17, 15) is 30.8 Å². The first-order valence-corrected chi connectivity index (χ1v) is 12.9. The second-order valence-corrected chi connectivity index (χ2v) is 10.8. The molecule has 3 aromatic carbocycles. The molecule has 1 saturated heterocycles. The van der Waals surface area contributed by atoms with E-state index in [4.69, 9.17) is 9.47 Å². The summed E-state index contributed by atoms with van der Waals surface area (Å²) < 4.78 is 88.4. The van der Waals surface area contributed by atoms with Gasteiger partial charge in [-0.3, -0.25) is 9.69 Å². The third-order valence-electron chi connectivity index (χ3n) is 6.03. The molecule has 0 saturated carbocycles. The smallest absolute Gasteiger partial charge is 0.419 e. The van der Waals surface area contributed by atoms with Gasteiger partial charge >= 0.3 is 6.18 Å². The summed E-state index contributed by atoms with van der Waals surface area (Å²) in [4.78, 5) is 14.0. The summed E-state index contributed by atoms with van der Waals surface area (Å²) in [5.74, 6) is -1.43. The van der Waals surface area contributed by atoms with E-state index in [1.165, 1.54) is 42.2 Å². The highest BCUT2D eigenvalue weighted by Gasteiger charge is 2.44. The number of sulfone groups is 1.